The first-order chi connectivity index (χ1) is 8.51. The minimum atomic E-state index is -0.865. The van der Waals surface area contributed by atoms with Gasteiger partial charge >= 0.3 is 0 Å². The van der Waals surface area contributed by atoms with E-state index in [0.29, 0.717) is 6.42 Å². The van der Waals surface area contributed by atoms with Crippen LogP contribution in [0, 0.1) is 0 Å². The van der Waals surface area contributed by atoms with Gasteiger partial charge in [-0.3, -0.25) is 0 Å². The van der Waals surface area contributed by atoms with E-state index in [-0.39, 0.29) is 0 Å². The molecule has 2 aromatic rings. The Labute approximate surface area is 119 Å². The van der Waals surface area contributed by atoms with Crippen LogP contribution in [0.3, 0.4) is 0 Å². The van der Waals surface area contributed by atoms with Gasteiger partial charge in [0.25, 0.3) is 0 Å². The molecular formula is C14H15BrO2S. The number of thiophene rings is 1. The number of benzene rings is 1. The Kier molecular flexibility index (Phi) is 4.10. The van der Waals surface area contributed by atoms with E-state index in [1.807, 2.05) is 43.3 Å². The summed E-state index contributed by atoms with van der Waals surface area (Å²) in [5, 5.41) is 10.6. The third-order valence-corrected chi connectivity index (χ3v) is 4.48. The summed E-state index contributed by atoms with van der Waals surface area (Å²) in [5.74, 6) is 0.799. The van der Waals surface area contributed by atoms with Crippen LogP contribution in [0.2, 0.25) is 0 Å². The van der Waals surface area contributed by atoms with Gasteiger partial charge in [0.05, 0.1) is 16.5 Å². The Bertz CT molecular complexity index is 517. The lowest BCUT2D eigenvalue weighted by atomic mass is 9.92. The van der Waals surface area contributed by atoms with Gasteiger partial charge in [0.1, 0.15) is 5.75 Å². The van der Waals surface area contributed by atoms with E-state index in [1.165, 1.54) is 0 Å². The average molecular weight is 327 g/mol. The molecule has 0 amide bonds. The highest BCUT2D eigenvalue weighted by Crippen LogP contribution is 2.31. The molecule has 0 aliphatic rings. The Balaban J connectivity index is 2.18. The van der Waals surface area contributed by atoms with Crippen LogP contribution < -0.4 is 4.74 Å². The minimum absolute atomic E-state index is 0.607. The summed E-state index contributed by atoms with van der Waals surface area (Å²) >= 11 is 5.08. The summed E-state index contributed by atoms with van der Waals surface area (Å²) in [6, 6.07) is 11.6. The second kappa shape index (κ2) is 5.43. The molecule has 0 aliphatic heterocycles. The first-order valence-corrected chi connectivity index (χ1v) is 7.23. The summed E-state index contributed by atoms with van der Waals surface area (Å²) < 4.78 is 6.20. The lowest BCUT2D eigenvalue weighted by molar-refractivity contribution is 0.0584. The van der Waals surface area contributed by atoms with E-state index in [9.17, 15) is 5.11 Å². The molecule has 96 valence electrons. The van der Waals surface area contributed by atoms with Crippen molar-refractivity contribution in [1.82, 2.24) is 0 Å². The fourth-order valence-corrected chi connectivity index (χ4v) is 3.47. The maximum Gasteiger partial charge on any atom is 0.118 e. The zero-order valence-electron chi connectivity index (χ0n) is 10.3. The zero-order valence-corrected chi connectivity index (χ0v) is 12.7. The van der Waals surface area contributed by atoms with Crippen LogP contribution in [0.5, 0.6) is 5.75 Å². The number of hydrogen-bond acceptors (Lipinski definition) is 3. The van der Waals surface area contributed by atoms with Crippen molar-refractivity contribution in [3.8, 4) is 5.75 Å². The van der Waals surface area contributed by atoms with Crippen LogP contribution in [0.4, 0.5) is 0 Å². The van der Waals surface area contributed by atoms with Crippen LogP contribution in [0.1, 0.15) is 17.4 Å². The van der Waals surface area contributed by atoms with Gasteiger partial charge in [0.15, 0.2) is 0 Å². The number of hydrogen-bond donors (Lipinski definition) is 1. The molecule has 1 aromatic carbocycles. The molecule has 0 radical (unpaired) electrons. The molecule has 0 aliphatic carbocycles. The molecule has 0 fully saturated rings. The third-order valence-electron chi connectivity index (χ3n) is 2.86. The van der Waals surface area contributed by atoms with Gasteiger partial charge in [-0.25, -0.2) is 0 Å². The molecule has 1 N–H and O–H groups in total. The largest absolute Gasteiger partial charge is 0.497 e. The van der Waals surface area contributed by atoms with Gasteiger partial charge in [0.2, 0.25) is 0 Å². The topological polar surface area (TPSA) is 29.5 Å². The van der Waals surface area contributed by atoms with Gasteiger partial charge in [-0.05, 0) is 52.7 Å². The molecule has 2 nitrogen and oxygen atoms in total. The SMILES string of the molecule is COc1ccc(C(C)(O)Cc2ccc(Br)s2)cc1. The highest BCUT2D eigenvalue weighted by atomic mass is 79.9. The molecular weight excluding hydrogens is 312 g/mol. The monoisotopic (exact) mass is 326 g/mol. The van der Waals surface area contributed by atoms with Crippen LogP contribution >= 0.6 is 27.3 Å². The highest BCUT2D eigenvalue weighted by Gasteiger charge is 2.24. The second-order valence-corrected chi connectivity index (χ2v) is 6.93. The van der Waals surface area contributed by atoms with Gasteiger partial charge in [-0.1, -0.05) is 12.1 Å². The Morgan fingerprint density at radius 1 is 1.22 bits per heavy atom. The normalized spacial score (nSPS) is 14.2. The molecule has 18 heavy (non-hydrogen) atoms. The van der Waals surface area contributed by atoms with Crippen molar-refractivity contribution in [2.75, 3.05) is 7.11 Å². The van der Waals surface area contributed by atoms with Crippen molar-refractivity contribution >= 4 is 27.3 Å². The summed E-state index contributed by atoms with van der Waals surface area (Å²) in [6.07, 6.45) is 0.607. The molecule has 0 saturated carbocycles. The summed E-state index contributed by atoms with van der Waals surface area (Å²) in [5.41, 5.74) is 0.0316. The third kappa shape index (κ3) is 3.13. The smallest absolute Gasteiger partial charge is 0.118 e. The minimum Gasteiger partial charge on any atom is -0.497 e. The van der Waals surface area contributed by atoms with Crippen molar-refractivity contribution in [2.24, 2.45) is 0 Å². The lowest BCUT2D eigenvalue weighted by Gasteiger charge is -2.23. The number of halogens is 1. The predicted octanol–water partition coefficient (Wildman–Crippen LogP) is 3.97. The molecule has 1 unspecified atom stereocenters. The maximum absolute atomic E-state index is 10.6. The maximum atomic E-state index is 10.6. The molecule has 0 spiro atoms. The van der Waals surface area contributed by atoms with Crippen molar-refractivity contribution in [3.05, 3.63) is 50.6 Å². The number of aliphatic hydroxyl groups is 1. The second-order valence-electron chi connectivity index (χ2n) is 4.38. The molecule has 1 aromatic heterocycles. The fraction of sp³-hybridized carbons (Fsp3) is 0.286. The lowest BCUT2D eigenvalue weighted by Crippen LogP contribution is -2.23. The molecule has 0 bridgehead atoms. The number of rotatable bonds is 4. The summed E-state index contributed by atoms with van der Waals surface area (Å²) in [6.45, 7) is 1.84. The quantitative estimate of drug-likeness (QED) is 0.921. The van der Waals surface area contributed by atoms with Gasteiger partial charge in [0, 0.05) is 11.3 Å². The number of methoxy groups -OCH3 is 1. The molecule has 2 rings (SSSR count). The van der Waals surface area contributed by atoms with Crippen LogP contribution in [-0.4, -0.2) is 12.2 Å². The van der Waals surface area contributed by atoms with E-state index in [4.69, 9.17) is 4.74 Å². The van der Waals surface area contributed by atoms with E-state index in [1.54, 1.807) is 18.4 Å². The zero-order chi connectivity index (χ0) is 13.2. The standard InChI is InChI=1S/C14H15BrO2S/c1-14(16,9-12-7-8-13(15)18-12)10-3-5-11(17-2)6-4-10/h3-8,16H,9H2,1-2H3. The van der Waals surface area contributed by atoms with Gasteiger partial charge in [-0.2, -0.15) is 0 Å². The van der Waals surface area contributed by atoms with Crippen LogP contribution in [-0.2, 0) is 12.0 Å². The molecule has 1 atom stereocenters. The van der Waals surface area contributed by atoms with E-state index in [0.717, 1.165) is 20.0 Å². The highest BCUT2D eigenvalue weighted by molar-refractivity contribution is 9.11. The fourth-order valence-electron chi connectivity index (χ4n) is 1.84. The molecule has 1 heterocycles. The number of ether oxygens (including phenoxy) is 1. The van der Waals surface area contributed by atoms with E-state index >= 15 is 0 Å². The first kappa shape index (κ1) is 13.6. The summed E-state index contributed by atoms with van der Waals surface area (Å²) in [7, 11) is 1.64. The van der Waals surface area contributed by atoms with E-state index < -0.39 is 5.60 Å². The Hall–Kier alpha value is -0.840. The van der Waals surface area contributed by atoms with Crippen molar-refractivity contribution in [1.29, 1.82) is 0 Å². The average Bonchev–Trinajstić information content (AvgIpc) is 2.74. The van der Waals surface area contributed by atoms with Crippen LogP contribution in [0.25, 0.3) is 0 Å². The van der Waals surface area contributed by atoms with Gasteiger partial charge in [-0.15, -0.1) is 11.3 Å². The summed E-state index contributed by atoms with van der Waals surface area (Å²) in [4.78, 5) is 1.16. The van der Waals surface area contributed by atoms with Crippen molar-refractivity contribution < 1.29 is 9.84 Å². The first-order valence-electron chi connectivity index (χ1n) is 5.62. The predicted molar refractivity (Wildman–Crippen MR) is 78.3 cm³/mol. The van der Waals surface area contributed by atoms with Crippen molar-refractivity contribution in [3.63, 3.8) is 0 Å². The van der Waals surface area contributed by atoms with Gasteiger partial charge < -0.3 is 9.84 Å². The van der Waals surface area contributed by atoms with Crippen LogP contribution in [0.15, 0.2) is 40.2 Å². The molecule has 4 heteroatoms. The Morgan fingerprint density at radius 3 is 2.39 bits per heavy atom. The van der Waals surface area contributed by atoms with Crippen molar-refractivity contribution in [2.45, 2.75) is 18.9 Å². The molecule has 0 saturated heterocycles. The Morgan fingerprint density at radius 2 is 1.89 bits per heavy atom. The van der Waals surface area contributed by atoms with E-state index in [2.05, 4.69) is 15.9 Å².